The van der Waals surface area contributed by atoms with Crippen LogP contribution in [0.1, 0.15) is 34.8 Å². The van der Waals surface area contributed by atoms with Crippen molar-refractivity contribution in [2.45, 2.75) is 18.9 Å². The molecule has 1 aliphatic rings. The van der Waals surface area contributed by atoms with Gasteiger partial charge in [0, 0.05) is 12.1 Å². The third-order valence-corrected chi connectivity index (χ3v) is 5.46. The molecule has 1 N–H and O–H groups in total. The number of benzene rings is 2. The molecule has 0 radical (unpaired) electrons. The van der Waals surface area contributed by atoms with Gasteiger partial charge in [-0.05, 0) is 55.8 Å². The zero-order valence-electron chi connectivity index (χ0n) is 18.1. The summed E-state index contributed by atoms with van der Waals surface area (Å²) in [6.45, 7) is 2.55. The monoisotopic (exact) mass is 414 g/mol. The van der Waals surface area contributed by atoms with E-state index >= 15 is 0 Å². The van der Waals surface area contributed by atoms with Crippen LogP contribution in [0.15, 0.2) is 36.4 Å². The fraction of sp³-hybridized carbons (Fsp3) is 0.435. The Morgan fingerprint density at radius 1 is 0.933 bits per heavy atom. The summed E-state index contributed by atoms with van der Waals surface area (Å²) in [6.07, 6.45) is 2.35. The van der Waals surface area contributed by atoms with Crippen LogP contribution < -0.4 is 24.3 Å². The molecule has 7 nitrogen and oxygen atoms in total. The van der Waals surface area contributed by atoms with Gasteiger partial charge in [-0.15, -0.1) is 0 Å². The fourth-order valence-electron chi connectivity index (χ4n) is 3.84. The van der Waals surface area contributed by atoms with Crippen molar-refractivity contribution in [1.29, 1.82) is 0 Å². The Bertz CT molecular complexity index is 822. The Kier molecular flexibility index (Phi) is 7.41. The molecule has 0 bridgehead atoms. The molecule has 0 spiro atoms. The quantitative estimate of drug-likeness (QED) is 0.679. The van der Waals surface area contributed by atoms with Gasteiger partial charge in [0.1, 0.15) is 5.75 Å². The number of rotatable bonds is 9. The van der Waals surface area contributed by atoms with E-state index < -0.39 is 0 Å². The van der Waals surface area contributed by atoms with Crippen LogP contribution in [0.2, 0.25) is 0 Å². The third-order valence-electron chi connectivity index (χ3n) is 5.46. The first-order valence-electron chi connectivity index (χ1n) is 10.1. The van der Waals surface area contributed by atoms with E-state index in [1.54, 1.807) is 19.2 Å². The topological polar surface area (TPSA) is 69.3 Å². The molecule has 0 unspecified atom stereocenters. The summed E-state index contributed by atoms with van der Waals surface area (Å²) in [4.78, 5) is 15.3. The van der Waals surface area contributed by atoms with Crippen molar-refractivity contribution in [2.75, 3.05) is 48.1 Å². The van der Waals surface area contributed by atoms with E-state index in [4.69, 9.17) is 18.9 Å². The standard InChI is InChI=1S/C23H30N2O5/c1-27-18-9-7-16(8-10-18)19(25-11-5-6-12-25)15-24-23(26)17-13-20(28-2)22(30-4)21(14-17)29-3/h7-10,13-14,19H,5-6,11-12,15H2,1-4H3,(H,24,26)/t19-/m1/s1. The van der Waals surface area contributed by atoms with Gasteiger partial charge in [-0.25, -0.2) is 0 Å². The highest BCUT2D eigenvalue weighted by atomic mass is 16.5. The number of hydrogen-bond acceptors (Lipinski definition) is 6. The van der Waals surface area contributed by atoms with Crippen LogP contribution in [0.3, 0.4) is 0 Å². The molecule has 1 amide bonds. The third kappa shape index (κ3) is 4.79. The number of ether oxygens (including phenoxy) is 4. The Labute approximate surface area is 177 Å². The molecule has 0 aliphatic carbocycles. The lowest BCUT2D eigenvalue weighted by atomic mass is 10.0. The molecular weight excluding hydrogens is 384 g/mol. The van der Waals surface area contributed by atoms with Gasteiger partial charge in [-0.2, -0.15) is 0 Å². The second-order valence-electron chi connectivity index (χ2n) is 7.16. The molecule has 3 rings (SSSR count). The lowest BCUT2D eigenvalue weighted by molar-refractivity contribution is 0.0937. The van der Waals surface area contributed by atoms with Crippen molar-refractivity contribution in [2.24, 2.45) is 0 Å². The second-order valence-corrected chi connectivity index (χ2v) is 7.16. The van der Waals surface area contributed by atoms with E-state index in [0.29, 0.717) is 29.4 Å². The van der Waals surface area contributed by atoms with Crippen LogP contribution in [0.5, 0.6) is 23.0 Å². The van der Waals surface area contributed by atoms with Crippen molar-refractivity contribution in [1.82, 2.24) is 10.2 Å². The van der Waals surface area contributed by atoms with Gasteiger partial charge < -0.3 is 24.3 Å². The minimum Gasteiger partial charge on any atom is -0.497 e. The number of likely N-dealkylation sites (tertiary alicyclic amines) is 1. The van der Waals surface area contributed by atoms with Crippen LogP contribution in [0.4, 0.5) is 0 Å². The average Bonchev–Trinajstić information content (AvgIpc) is 3.33. The normalized spacial score (nSPS) is 14.8. The fourth-order valence-corrected chi connectivity index (χ4v) is 3.84. The van der Waals surface area contributed by atoms with Gasteiger partial charge >= 0.3 is 0 Å². The minimum absolute atomic E-state index is 0.101. The maximum Gasteiger partial charge on any atom is 0.251 e. The molecule has 1 aliphatic heterocycles. The van der Waals surface area contributed by atoms with Crippen molar-refractivity contribution < 1.29 is 23.7 Å². The number of carbonyl (C=O) groups excluding carboxylic acids is 1. The smallest absolute Gasteiger partial charge is 0.251 e. The highest BCUT2D eigenvalue weighted by Crippen LogP contribution is 2.38. The number of nitrogens with one attached hydrogen (secondary N) is 1. The summed E-state index contributed by atoms with van der Waals surface area (Å²) in [5.74, 6) is 2.00. The molecule has 1 saturated heterocycles. The molecule has 2 aromatic rings. The molecule has 162 valence electrons. The predicted octanol–water partition coefficient (Wildman–Crippen LogP) is 3.29. The maximum absolute atomic E-state index is 12.9. The summed E-state index contributed by atoms with van der Waals surface area (Å²) in [7, 11) is 6.26. The van der Waals surface area contributed by atoms with Crippen molar-refractivity contribution in [3.8, 4) is 23.0 Å². The molecule has 1 fully saturated rings. The molecule has 1 atom stereocenters. The van der Waals surface area contributed by atoms with Crippen molar-refractivity contribution >= 4 is 5.91 Å². The van der Waals surface area contributed by atoms with Gasteiger partial charge in [0.25, 0.3) is 5.91 Å². The maximum atomic E-state index is 12.9. The van der Waals surface area contributed by atoms with Crippen LogP contribution in [-0.2, 0) is 0 Å². The summed E-state index contributed by atoms with van der Waals surface area (Å²) in [5.41, 5.74) is 1.61. The second kappa shape index (κ2) is 10.2. The minimum atomic E-state index is -0.188. The zero-order valence-corrected chi connectivity index (χ0v) is 18.1. The molecule has 7 heteroatoms. The van der Waals surface area contributed by atoms with Crippen molar-refractivity contribution in [3.63, 3.8) is 0 Å². The van der Waals surface area contributed by atoms with Gasteiger partial charge in [-0.3, -0.25) is 9.69 Å². The lowest BCUT2D eigenvalue weighted by Crippen LogP contribution is -2.36. The van der Waals surface area contributed by atoms with E-state index in [2.05, 4.69) is 22.3 Å². The van der Waals surface area contributed by atoms with Crippen LogP contribution >= 0.6 is 0 Å². The Morgan fingerprint density at radius 3 is 2.03 bits per heavy atom. The Hall–Kier alpha value is -2.93. The summed E-state index contributed by atoms with van der Waals surface area (Å²) in [6, 6.07) is 11.5. The molecule has 0 saturated carbocycles. The summed E-state index contributed by atoms with van der Waals surface area (Å²) in [5, 5.41) is 3.08. The number of methoxy groups -OCH3 is 4. The average molecular weight is 415 g/mol. The number of nitrogens with zero attached hydrogens (tertiary/aromatic N) is 1. The van der Waals surface area contributed by atoms with Gasteiger partial charge in [-0.1, -0.05) is 12.1 Å². The first-order valence-corrected chi connectivity index (χ1v) is 10.1. The van der Waals surface area contributed by atoms with Crippen LogP contribution in [-0.4, -0.2) is 58.9 Å². The zero-order chi connectivity index (χ0) is 21.5. The van der Waals surface area contributed by atoms with E-state index in [-0.39, 0.29) is 11.9 Å². The number of carbonyl (C=O) groups is 1. The molecular formula is C23H30N2O5. The molecule has 30 heavy (non-hydrogen) atoms. The van der Waals surface area contributed by atoms with Gasteiger partial charge in [0.05, 0.1) is 34.5 Å². The largest absolute Gasteiger partial charge is 0.497 e. The molecule has 0 aromatic heterocycles. The van der Waals surface area contributed by atoms with E-state index in [9.17, 15) is 4.79 Å². The van der Waals surface area contributed by atoms with Crippen LogP contribution in [0, 0.1) is 0 Å². The highest BCUT2D eigenvalue weighted by molar-refractivity contribution is 5.95. The first-order chi connectivity index (χ1) is 14.6. The van der Waals surface area contributed by atoms with E-state index in [0.717, 1.165) is 24.4 Å². The van der Waals surface area contributed by atoms with E-state index in [1.165, 1.54) is 34.2 Å². The highest BCUT2D eigenvalue weighted by Gasteiger charge is 2.25. The van der Waals surface area contributed by atoms with Gasteiger partial charge in [0.15, 0.2) is 11.5 Å². The summed E-state index contributed by atoms with van der Waals surface area (Å²) < 4.78 is 21.3. The Balaban J connectivity index is 1.78. The van der Waals surface area contributed by atoms with Crippen molar-refractivity contribution in [3.05, 3.63) is 47.5 Å². The lowest BCUT2D eigenvalue weighted by Gasteiger charge is -2.28. The van der Waals surface area contributed by atoms with E-state index in [1.807, 2.05) is 12.1 Å². The molecule has 1 heterocycles. The Morgan fingerprint density at radius 2 is 1.53 bits per heavy atom. The molecule has 2 aromatic carbocycles. The predicted molar refractivity (Wildman–Crippen MR) is 115 cm³/mol. The SMILES string of the molecule is COc1ccc([C@@H](CNC(=O)c2cc(OC)c(OC)c(OC)c2)N2CCCC2)cc1. The summed E-state index contributed by atoms with van der Waals surface area (Å²) >= 11 is 0. The first kappa shape index (κ1) is 21.8. The van der Waals surface area contributed by atoms with Gasteiger partial charge in [0.2, 0.25) is 5.75 Å². The number of hydrogen-bond donors (Lipinski definition) is 1. The number of amides is 1. The van der Waals surface area contributed by atoms with Crippen LogP contribution in [0.25, 0.3) is 0 Å².